The van der Waals surface area contributed by atoms with Gasteiger partial charge in [0.05, 0.1) is 0 Å². The first kappa shape index (κ1) is 14.0. The summed E-state index contributed by atoms with van der Waals surface area (Å²) in [6, 6.07) is 0. The van der Waals surface area contributed by atoms with E-state index in [1.54, 1.807) is 0 Å². The maximum absolute atomic E-state index is 2.65. The highest BCUT2D eigenvalue weighted by atomic mass is 14.6. The molecule has 5 unspecified atom stereocenters. The van der Waals surface area contributed by atoms with Gasteiger partial charge >= 0.3 is 0 Å². The molecule has 110 valence electrons. The summed E-state index contributed by atoms with van der Waals surface area (Å²) in [6.07, 6.45) is 13.4. The molecule has 0 saturated heterocycles. The SMILES string of the molecule is CC1CCC2(C)CCC(C)(C1)C1(C)CCCC2(C)C1. The standard InChI is InChI=1S/C19H34/c1-15-7-10-16(2)11-12-17(3,13-15)19(5)9-6-8-18(16,4)14-19/h15H,6-14H2,1-5H3. The molecule has 0 heterocycles. The van der Waals surface area contributed by atoms with E-state index in [-0.39, 0.29) is 0 Å². The molecule has 3 rings (SSSR count). The predicted octanol–water partition coefficient (Wildman–Crippen LogP) is 6.20. The minimum atomic E-state index is 0.603. The molecule has 0 amide bonds. The molecule has 0 heteroatoms. The zero-order valence-electron chi connectivity index (χ0n) is 13.9. The van der Waals surface area contributed by atoms with Crippen molar-refractivity contribution in [3.05, 3.63) is 0 Å². The molecule has 19 heavy (non-hydrogen) atoms. The van der Waals surface area contributed by atoms with Gasteiger partial charge in [-0.1, -0.05) is 47.5 Å². The van der Waals surface area contributed by atoms with E-state index in [1.165, 1.54) is 57.8 Å². The van der Waals surface area contributed by atoms with Crippen LogP contribution in [0.1, 0.15) is 92.4 Å². The smallest absolute Gasteiger partial charge is 0.0266 e. The van der Waals surface area contributed by atoms with Gasteiger partial charge in [0, 0.05) is 0 Å². The molecule has 3 fully saturated rings. The zero-order valence-corrected chi connectivity index (χ0v) is 13.9. The van der Waals surface area contributed by atoms with Crippen molar-refractivity contribution >= 4 is 0 Å². The van der Waals surface area contributed by atoms with Crippen molar-refractivity contribution in [2.75, 3.05) is 0 Å². The van der Waals surface area contributed by atoms with E-state index in [1.807, 2.05) is 0 Å². The van der Waals surface area contributed by atoms with Crippen LogP contribution in [0.5, 0.6) is 0 Å². The molecule has 3 aliphatic carbocycles. The highest BCUT2D eigenvalue weighted by Crippen LogP contribution is 2.69. The second-order valence-corrected chi connectivity index (χ2v) is 9.62. The molecule has 0 aromatic carbocycles. The van der Waals surface area contributed by atoms with E-state index < -0.39 is 0 Å². The molecule has 3 saturated carbocycles. The lowest BCUT2D eigenvalue weighted by molar-refractivity contribution is -0.0448. The predicted molar refractivity (Wildman–Crippen MR) is 83.1 cm³/mol. The summed E-state index contributed by atoms with van der Waals surface area (Å²) >= 11 is 0. The van der Waals surface area contributed by atoms with E-state index >= 15 is 0 Å². The number of fused-ring (bicyclic) bond motifs is 7. The van der Waals surface area contributed by atoms with Gasteiger partial charge in [-0.15, -0.1) is 0 Å². The van der Waals surface area contributed by atoms with E-state index in [0.717, 1.165) is 5.92 Å². The largest absolute Gasteiger partial charge is 0.0625 e. The lowest BCUT2D eigenvalue weighted by Gasteiger charge is -2.54. The van der Waals surface area contributed by atoms with Crippen LogP contribution >= 0.6 is 0 Å². The molecule has 0 aromatic heterocycles. The van der Waals surface area contributed by atoms with Crippen LogP contribution in [0, 0.1) is 27.6 Å². The van der Waals surface area contributed by atoms with Gasteiger partial charge in [-0.05, 0) is 72.5 Å². The highest BCUT2D eigenvalue weighted by molar-refractivity contribution is 5.09. The second-order valence-electron chi connectivity index (χ2n) is 9.62. The van der Waals surface area contributed by atoms with Crippen molar-refractivity contribution in [3.63, 3.8) is 0 Å². The van der Waals surface area contributed by atoms with Crippen LogP contribution < -0.4 is 0 Å². The first-order chi connectivity index (χ1) is 8.72. The van der Waals surface area contributed by atoms with Crippen molar-refractivity contribution in [2.24, 2.45) is 27.6 Å². The van der Waals surface area contributed by atoms with Crippen LogP contribution in [0.15, 0.2) is 0 Å². The average molecular weight is 262 g/mol. The van der Waals surface area contributed by atoms with Gasteiger partial charge in [-0.3, -0.25) is 0 Å². The lowest BCUT2D eigenvalue weighted by Crippen LogP contribution is -2.45. The van der Waals surface area contributed by atoms with Crippen LogP contribution in [0.25, 0.3) is 0 Å². The van der Waals surface area contributed by atoms with Gasteiger partial charge in [-0.2, -0.15) is 0 Å². The van der Waals surface area contributed by atoms with Crippen molar-refractivity contribution in [3.8, 4) is 0 Å². The minimum absolute atomic E-state index is 0.603. The third-order valence-corrected chi connectivity index (χ3v) is 8.37. The maximum Gasteiger partial charge on any atom is -0.0266 e. The quantitative estimate of drug-likeness (QED) is 0.487. The fourth-order valence-electron chi connectivity index (χ4n) is 6.30. The highest BCUT2D eigenvalue weighted by Gasteiger charge is 2.59. The molecule has 0 nitrogen and oxygen atoms in total. The number of hydrogen-bond donors (Lipinski definition) is 0. The first-order valence-electron chi connectivity index (χ1n) is 8.72. The van der Waals surface area contributed by atoms with Crippen molar-refractivity contribution in [2.45, 2.75) is 92.4 Å². The first-order valence-corrected chi connectivity index (χ1v) is 8.72. The third-order valence-electron chi connectivity index (χ3n) is 8.37. The summed E-state index contributed by atoms with van der Waals surface area (Å²) in [5.41, 5.74) is 2.44. The molecule has 5 atom stereocenters. The fraction of sp³-hybridized carbons (Fsp3) is 1.00. The van der Waals surface area contributed by atoms with Crippen LogP contribution in [0.2, 0.25) is 0 Å². The lowest BCUT2D eigenvalue weighted by atomic mass is 9.50. The topological polar surface area (TPSA) is 0 Å². The molecule has 4 bridgehead atoms. The molecular formula is C19H34. The summed E-state index contributed by atoms with van der Waals surface area (Å²) < 4.78 is 0. The fourth-order valence-corrected chi connectivity index (χ4v) is 6.30. The van der Waals surface area contributed by atoms with Crippen LogP contribution in [-0.2, 0) is 0 Å². The summed E-state index contributed by atoms with van der Waals surface area (Å²) in [5.74, 6) is 0.935. The van der Waals surface area contributed by atoms with Crippen LogP contribution in [0.4, 0.5) is 0 Å². The van der Waals surface area contributed by atoms with Crippen LogP contribution in [0.3, 0.4) is 0 Å². The van der Waals surface area contributed by atoms with Gasteiger partial charge in [-0.25, -0.2) is 0 Å². The van der Waals surface area contributed by atoms with Gasteiger partial charge in [0.15, 0.2) is 0 Å². The Morgan fingerprint density at radius 3 is 1.95 bits per heavy atom. The molecule has 0 spiro atoms. The monoisotopic (exact) mass is 262 g/mol. The van der Waals surface area contributed by atoms with E-state index in [2.05, 4.69) is 34.6 Å². The van der Waals surface area contributed by atoms with E-state index in [9.17, 15) is 0 Å². The molecule has 3 aliphatic rings. The Kier molecular flexibility index (Phi) is 2.95. The van der Waals surface area contributed by atoms with Gasteiger partial charge < -0.3 is 0 Å². The molecular weight excluding hydrogens is 228 g/mol. The van der Waals surface area contributed by atoms with Crippen molar-refractivity contribution in [1.29, 1.82) is 0 Å². The maximum atomic E-state index is 2.65. The Labute approximate surface area is 120 Å². The molecule has 0 aliphatic heterocycles. The third kappa shape index (κ3) is 1.84. The Morgan fingerprint density at radius 2 is 1.26 bits per heavy atom. The van der Waals surface area contributed by atoms with Crippen LogP contribution in [-0.4, -0.2) is 0 Å². The van der Waals surface area contributed by atoms with Crippen molar-refractivity contribution in [1.82, 2.24) is 0 Å². The Bertz CT molecular complexity index is 370. The van der Waals surface area contributed by atoms with Crippen molar-refractivity contribution < 1.29 is 0 Å². The van der Waals surface area contributed by atoms with Gasteiger partial charge in [0.2, 0.25) is 0 Å². The normalized spacial score (nSPS) is 58.3. The number of rotatable bonds is 0. The van der Waals surface area contributed by atoms with E-state index in [4.69, 9.17) is 0 Å². The van der Waals surface area contributed by atoms with Gasteiger partial charge in [0.25, 0.3) is 0 Å². The zero-order chi connectivity index (χ0) is 13.9. The summed E-state index contributed by atoms with van der Waals surface area (Å²) in [4.78, 5) is 0. The Balaban J connectivity index is 2.11. The Morgan fingerprint density at radius 1 is 0.684 bits per heavy atom. The molecule has 0 radical (unpaired) electrons. The molecule has 0 N–H and O–H groups in total. The van der Waals surface area contributed by atoms with Gasteiger partial charge in [0.1, 0.15) is 0 Å². The minimum Gasteiger partial charge on any atom is -0.0625 e. The second kappa shape index (κ2) is 4.01. The molecule has 0 aromatic rings. The summed E-state index contributed by atoms with van der Waals surface area (Å²) in [6.45, 7) is 13.1. The summed E-state index contributed by atoms with van der Waals surface area (Å²) in [7, 11) is 0. The number of hydrogen-bond acceptors (Lipinski definition) is 0. The van der Waals surface area contributed by atoms with E-state index in [0.29, 0.717) is 21.7 Å². The Hall–Kier alpha value is 0. The summed E-state index contributed by atoms with van der Waals surface area (Å²) in [5, 5.41) is 0. The average Bonchev–Trinajstić information content (AvgIpc) is 2.34.